The molecule has 0 bridgehead atoms. The van der Waals surface area contributed by atoms with Crippen LogP contribution >= 0.6 is 0 Å². The van der Waals surface area contributed by atoms with Crippen molar-refractivity contribution in [3.8, 4) is 0 Å². The Kier molecular flexibility index (Phi) is 3.18. The summed E-state index contributed by atoms with van der Waals surface area (Å²) in [7, 11) is 0. The average Bonchev–Trinajstić information content (AvgIpc) is 2.47. The number of halogens is 3. The summed E-state index contributed by atoms with van der Waals surface area (Å²) in [6, 6.07) is 0. The molecule has 0 aromatic rings. The van der Waals surface area contributed by atoms with E-state index in [9.17, 15) is 13.2 Å². The van der Waals surface area contributed by atoms with Crippen LogP contribution in [0.2, 0.25) is 0 Å². The van der Waals surface area contributed by atoms with Crippen molar-refractivity contribution in [3.05, 3.63) is 11.4 Å². The van der Waals surface area contributed by atoms with Gasteiger partial charge in [-0.3, -0.25) is 0 Å². The molecule has 1 aliphatic carbocycles. The van der Waals surface area contributed by atoms with E-state index < -0.39 is 12.1 Å². The van der Waals surface area contributed by atoms with E-state index in [-0.39, 0.29) is 18.9 Å². The van der Waals surface area contributed by atoms with Crippen LogP contribution in [0.5, 0.6) is 0 Å². The molecule has 0 heterocycles. The lowest BCUT2D eigenvalue weighted by molar-refractivity contribution is -0.183. The quantitative estimate of drug-likeness (QED) is 0.590. The minimum Gasteiger partial charge on any atom is -0.317 e. The molecule has 4 heteroatoms. The molecule has 0 spiro atoms. The zero-order chi connectivity index (χ0) is 9.90. The maximum atomic E-state index is 12.4. The van der Waals surface area contributed by atoms with Gasteiger partial charge in [-0.05, 0) is 18.8 Å². The molecule has 0 aromatic heterocycles. The molecule has 1 nitrogen and oxygen atoms in total. The van der Waals surface area contributed by atoms with Crippen molar-refractivity contribution in [1.29, 1.82) is 0 Å². The van der Waals surface area contributed by atoms with E-state index in [0.29, 0.717) is 19.3 Å². The Bertz CT molecular complexity index is 204. The SMILES string of the molecule is [C-]#[N+]CCC1CCCC1C(F)(F)F. The van der Waals surface area contributed by atoms with Crippen LogP contribution in [0.15, 0.2) is 0 Å². The van der Waals surface area contributed by atoms with Gasteiger partial charge >= 0.3 is 6.18 Å². The fourth-order valence-corrected chi connectivity index (χ4v) is 2.04. The molecule has 13 heavy (non-hydrogen) atoms. The maximum Gasteiger partial charge on any atom is 0.392 e. The van der Waals surface area contributed by atoms with Crippen LogP contribution in [0.4, 0.5) is 13.2 Å². The van der Waals surface area contributed by atoms with Crippen molar-refractivity contribution in [3.63, 3.8) is 0 Å². The first-order valence-corrected chi connectivity index (χ1v) is 4.45. The smallest absolute Gasteiger partial charge is 0.317 e. The Labute approximate surface area is 75.8 Å². The Morgan fingerprint density at radius 2 is 2.00 bits per heavy atom. The number of hydrogen-bond donors (Lipinski definition) is 0. The highest BCUT2D eigenvalue weighted by Crippen LogP contribution is 2.44. The highest BCUT2D eigenvalue weighted by atomic mass is 19.4. The highest BCUT2D eigenvalue weighted by Gasteiger charge is 2.46. The molecular weight excluding hydrogens is 179 g/mol. The summed E-state index contributed by atoms with van der Waals surface area (Å²) in [6.45, 7) is 6.77. The van der Waals surface area contributed by atoms with Gasteiger partial charge in [0, 0.05) is 6.42 Å². The first-order chi connectivity index (χ1) is 6.05. The first-order valence-electron chi connectivity index (χ1n) is 4.45. The number of alkyl halides is 3. The molecule has 1 rings (SSSR count). The number of rotatable bonds is 2. The van der Waals surface area contributed by atoms with Gasteiger partial charge in [0.15, 0.2) is 0 Å². The van der Waals surface area contributed by atoms with E-state index in [4.69, 9.17) is 6.57 Å². The molecule has 2 atom stereocenters. The summed E-state index contributed by atoms with van der Waals surface area (Å²) < 4.78 is 37.1. The average molecular weight is 191 g/mol. The largest absolute Gasteiger partial charge is 0.392 e. The molecule has 1 saturated carbocycles. The van der Waals surface area contributed by atoms with Crippen LogP contribution in [0.25, 0.3) is 4.85 Å². The summed E-state index contributed by atoms with van der Waals surface area (Å²) in [6.07, 6.45) is -2.09. The lowest BCUT2D eigenvalue weighted by atomic mass is 9.92. The predicted octanol–water partition coefficient (Wildman–Crippen LogP) is 3.27. The van der Waals surface area contributed by atoms with Crippen molar-refractivity contribution < 1.29 is 13.2 Å². The molecule has 0 saturated heterocycles. The van der Waals surface area contributed by atoms with Gasteiger partial charge in [0.25, 0.3) is 0 Å². The van der Waals surface area contributed by atoms with E-state index in [2.05, 4.69) is 4.85 Å². The molecule has 74 valence electrons. The second-order valence-corrected chi connectivity index (χ2v) is 3.51. The van der Waals surface area contributed by atoms with Gasteiger partial charge in [0.1, 0.15) is 0 Å². The summed E-state index contributed by atoms with van der Waals surface area (Å²) in [5.74, 6) is -1.44. The third-order valence-corrected chi connectivity index (χ3v) is 2.69. The van der Waals surface area contributed by atoms with Crippen LogP contribution in [-0.4, -0.2) is 12.7 Å². The van der Waals surface area contributed by atoms with Crippen LogP contribution in [-0.2, 0) is 0 Å². The fraction of sp³-hybridized carbons (Fsp3) is 0.889. The second kappa shape index (κ2) is 3.99. The third kappa shape index (κ3) is 2.61. The lowest BCUT2D eigenvalue weighted by Gasteiger charge is -2.20. The Morgan fingerprint density at radius 1 is 1.31 bits per heavy atom. The number of hydrogen-bond acceptors (Lipinski definition) is 0. The first kappa shape index (κ1) is 10.4. The summed E-state index contributed by atoms with van der Waals surface area (Å²) in [4.78, 5) is 3.10. The summed E-state index contributed by atoms with van der Waals surface area (Å²) in [5.41, 5.74) is 0. The molecule has 0 radical (unpaired) electrons. The van der Waals surface area contributed by atoms with Gasteiger partial charge in [0.2, 0.25) is 6.54 Å². The molecule has 1 fully saturated rings. The van der Waals surface area contributed by atoms with Gasteiger partial charge in [-0.2, -0.15) is 13.2 Å². The third-order valence-electron chi connectivity index (χ3n) is 2.69. The zero-order valence-electron chi connectivity index (χ0n) is 7.27. The standard InChI is InChI=1S/C9H12F3N/c1-13-6-5-7-3-2-4-8(7)9(10,11)12/h7-8H,2-6H2. The highest BCUT2D eigenvalue weighted by molar-refractivity contribution is 4.84. The van der Waals surface area contributed by atoms with Crippen molar-refractivity contribution in [2.24, 2.45) is 11.8 Å². The monoisotopic (exact) mass is 191 g/mol. The van der Waals surface area contributed by atoms with Crippen molar-refractivity contribution in [1.82, 2.24) is 0 Å². The molecule has 2 unspecified atom stereocenters. The van der Waals surface area contributed by atoms with Gasteiger partial charge < -0.3 is 4.85 Å². The molecular formula is C9H12F3N. The zero-order valence-corrected chi connectivity index (χ0v) is 7.27. The van der Waals surface area contributed by atoms with Crippen LogP contribution in [0.3, 0.4) is 0 Å². The summed E-state index contributed by atoms with van der Waals surface area (Å²) >= 11 is 0. The molecule has 0 amide bonds. The van der Waals surface area contributed by atoms with Crippen LogP contribution in [0.1, 0.15) is 25.7 Å². The van der Waals surface area contributed by atoms with Gasteiger partial charge in [-0.15, -0.1) is 0 Å². The van der Waals surface area contributed by atoms with E-state index in [1.807, 2.05) is 0 Å². The molecule has 0 aromatic carbocycles. The van der Waals surface area contributed by atoms with Crippen molar-refractivity contribution in [2.75, 3.05) is 6.54 Å². The lowest BCUT2D eigenvalue weighted by Crippen LogP contribution is -2.26. The molecule has 0 aliphatic heterocycles. The molecule has 1 aliphatic rings. The fourth-order valence-electron chi connectivity index (χ4n) is 2.04. The van der Waals surface area contributed by atoms with Gasteiger partial charge in [0.05, 0.1) is 5.92 Å². The minimum absolute atomic E-state index is 0.233. The Hall–Kier alpha value is -0.720. The van der Waals surface area contributed by atoms with E-state index in [0.717, 1.165) is 0 Å². The van der Waals surface area contributed by atoms with E-state index in [1.165, 1.54) is 0 Å². The van der Waals surface area contributed by atoms with E-state index in [1.54, 1.807) is 0 Å². The Morgan fingerprint density at radius 3 is 2.54 bits per heavy atom. The van der Waals surface area contributed by atoms with Crippen molar-refractivity contribution >= 4 is 0 Å². The predicted molar refractivity (Wildman–Crippen MR) is 43.0 cm³/mol. The van der Waals surface area contributed by atoms with Gasteiger partial charge in [-0.25, -0.2) is 6.57 Å². The summed E-state index contributed by atoms with van der Waals surface area (Å²) in [5, 5.41) is 0. The minimum atomic E-state index is -4.05. The van der Waals surface area contributed by atoms with Crippen LogP contribution in [0, 0.1) is 18.4 Å². The topological polar surface area (TPSA) is 4.36 Å². The normalized spacial score (nSPS) is 28.8. The maximum absolute atomic E-state index is 12.4. The van der Waals surface area contributed by atoms with Crippen molar-refractivity contribution in [2.45, 2.75) is 31.9 Å². The second-order valence-electron chi connectivity index (χ2n) is 3.51. The van der Waals surface area contributed by atoms with Crippen LogP contribution < -0.4 is 0 Å². The number of nitrogens with zero attached hydrogens (tertiary/aromatic N) is 1. The Balaban J connectivity index is 2.50. The van der Waals surface area contributed by atoms with E-state index >= 15 is 0 Å². The van der Waals surface area contributed by atoms with Gasteiger partial charge in [-0.1, -0.05) is 6.42 Å². The molecule has 0 N–H and O–H groups in total.